The first kappa shape index (κ1) is 5.77. The standard InChI is InChI=1S/C5H7Cl/c1-5(2)3-4-6/h3-4H,1H2,2H3. The Kier molecular flexibility index (Phi) is 2.87. The number of halogens is 1. The SMILES string of the molecule is C=C(C)C=CCl. The van der Waals surface area contributed by atoms with E-state index in [0.717, 1.165) is 5.57 Å². The van der Waals surface area contributed by atoms with E-state index in [9.17, 15) is 0 Å². The molecule has 0 aromatic rings. The van der Waals surface area contributed by atoms with E-state index in [4.69, 9.17) is 11.6 Å². The molecule has 34 valence electrons. The highest BCUT2D eigenvalue weighted by Crippen LogP contribution is 1.88. The van der Waals surface area contributed by atoms with Crippen LogP contribution in [0.5, 0.6) is 0 Å². The second kappa shape index (κ2) is 2.98. The Bertz CT molecular complexity index is 72.0. The summed E-state index contributed by atoms with van der Waals surface area (Å²) < 4.78 is 0. The molecule has 0 aliphatic carbocycles. The summed E-state index contributed by atoms with van der Waals surface area (Å²) >= 11 is 5.16. The molecule has 0 nitrogen and oxygen atoms in total. The van der Waals surface area contributed by atoms with Crippen LogP contribution in [0.4, 0.5) is 0 Å². The molecule has 6 heavy (non-hydrogen) atoms. The Hall–Kier alpha value is -0.230. The van der Waals surface area contributed by atoms with E-state index in [1.165, 1.54) is 5.54 Å². The summed E-state index contributed by atoms with van der Waals surface area (Å²) in [5.74, 6) is 0. The molecule has 0 atom stereocenters. The second-order valence-electron chi connectivity index (χ2n) is 1.14. The van der Waals surface area contributed by atoms with Gasteiger partial charge in [0.1, 0.15) is 0 Å². The molecule has 0 amide bonds. The minimum absolute atomic E-state index is 0.977. The maximum atomic E-state index is 5.16. The van der Waals surface area contributed by atoms with Crippen LogP contribution >= 0.6 is 11.6 Å². The highest BCUT2D eigenvalue weighted by Gasteiger charge is 1.65. The quantitative estimate of drug-likeness (QED) is 0.446. The molecule has 0 spiro atoms. The second-order valence-corrected chi connectivity index (χ2v) is 1.39. The van der Waals surface area contributed by atoms with Crippen LogP contribution in [0.15, 0.2) is 23.8 Å². The fraction of sp³-hybridized carbons (Fsp3) is 0.200. The number of allylic oxidation sites excluding steroid dienone is 2. The monoisotopic (exact) mass is 102 g/mol. The van der Waals surface area contributed by atoms with Crippen LogP contribution in [0.3, 0.4) is 0 Å². The number of hydrogen-bond acceptors (Lipinski definition) is 0. The van der Waals surface area contributed by atoms with Crippen molar-refractivity contribution in [1.29, 1.82) is 0 Å². The molecule has 0 rings (SSSR count). The average molecular weight is 103 g/mol. The van der Waals surface area contributed by atoms with Crippen molar-refractivity contribution in [3.63, 3.8) is 0 Å². The van der Waals surface area contributed by atoms with Crippen LogP contribution in [0.1, 0.15) is 6.92 Å². The lowest BCUT2D eigenvalue weighted by atomic mass is 10.4. The lowest BCUT2D eigenvalue weighted by Crippen LogP contribution is -1.52. The molecule has 0 N–H and O–H groups in total. The van der Waals surface area contributed by atoms with Gasteiger partial charge in [0.15, 0.2) is 0 Å². The summed E-state index contributed by atoms with van der Waals surface area (Å²) in [4.78, 5) is 0. The molecule has 0 saturated heterocycles. The lowest BCUT2D eigenvalue weighted by Gasteiger charge is -1.74. The normalized spacial score (nSPS) is 9.67. The molecule has 0 aliphatic heterocycles. The Morgan fingerprint density at radius 2 is 2.33 bits per heavy atom. The van der Waals surface area contributed by atoms with Crippen molar-refractivity contribution in [3.8, 4) is 0 Å². The molecular weight excluding hydrogens is 95.5 g/mol. The highest BCUT2D eigenvalue weighted by molar-refractivity contribution is 6.25. The molecule has 1 heteroatoms. The largest absolute Gasteiger partial charge is 0.0961 e. The van der Waals surface area contributed by atoms with Crippen molar-refractivity contribution in [2.45, 2.75) is 6.92 Å². The van der Waals surface area contributed by atoms with E-state index in [-0.39, 0.29) is 0 Å². The van der Waals surface area contributed by atoms with Crippen molar-refractivity contribution in [2.24, 2.45) is 0 Å². The van der Waals surface area contributed by atoms with Crippen LogP contribution in [-0.4, -0.2) is 0 Å². The first-order valence-corrected chi connectivity index (χ1v) is 2.13. The predicted molar refractivity (Wildman–Crippen MR) is 29.8 cm³/mol. The van der Waals surface area contributed by atoms with Gasteiger partial charge >= 0.3 is 0 Å². The fourth-order valence-electron chi connectivity index (χ4n) is 0.108. The summed E-state index contributed by atoms with van der Waals surface area (Å²) in [5.41, 5.74) is 2.42. The zero-order valence-corrected chi connectivity index (χ0v) is 4.50. The average Bonchev–Trinajstić information content (AvgIpc) is 1.35. The zero-order valence-electron chi connectivity index (χ0n) is 3.74. The van der Waals surface area contributed by atoms with Crippen molar-refractivity contribution >= 4 is 11.6 Å². The summed E-state index contributed by atoms with van der Waals surface area (Å²) in [6, 6.07) is 0. The van der Waals surface area contributed by atoms with E-state index in [1.807, 2.05) is 6.92 Å². The molecule has 0 radical (unpaired) electrons. The minimum Gasteiger partial charge on any atom is -0.0961 e. The Morgan fingerprint density at radius 3 is 2.33 bits per heavy atom. The Balaban J connectivity index is 3.30. The van der Waals surface area contributed by atoms with Gasteiger partial charge in [-0.15, -0.1) is 0 Å². The molecule has 0 saturated carbocycles. The van der Waals surface area contributed by atoms with Gasteiger partial charge in [-0.25, -0.2) is 0 Å². The molecule has 0 aliphatic rings. The third-order valence-electron chi connectivity index (χ3n) is 0.348. The zero-order chi connectivity index (χ0) is 4.99. The van der Waals surface area contributed by atoms with Crippen LogP contribution in [0.2, 0.25) is 0 Å². The van der Waals surface area contributed by atoms with Gasteiger partial charge in [0.2, 0.25) is 0 Å². The van der Waals surface area contributed by atoms with E-state index in [2.05, 4.69) is 6.58 Å². The van der Waals surface area contributed by atoms with E-state index >= 15 is 0 Å². The first-order valence-electron chi connectivity index (χ1n) is 1.69. The van der Waals surface area contributed by atoms with E-state index < -0.39 is 0 Å². The van der Waals surface area contributed by atoms with Gasteiger partial charge < -0.3 is 0 Å². The molecule has 0 fully saturated rings. The van der Waals surface area contributed by atoms with Gasteiger partial charge in [0.05, 0.1) is 0 Å². The van der Waals surface area contributed by atoms with Crippen LogP contribution in [0.25, 0.3) is 0 Å². The fourth-order valence-corrected chi connectivity index (χ4v) is 0.323. The van der Waals surface area contributed by atoms with Gasteiger partial charge in [-0.3, -0.25) is 0 Å². The highest BCUT2D eigenvalue weighted by atomic mass is 35.5. The van der Waals surface area contributed by atoms with Crippen molar-refractivity contribution in [2.75, 3.05) is 0 Å². The van der Waals surface area contributed by atoms with Crippen molar-refractivity contribution < 1.29 is 0 Å². The van der Waals surface area contributed by atoms with E-state index in [1.54, 1.807) is 6.08 Å². The summed E-state index contributed by atoms with van der Waals surface area (Å²) in [6.45, 7) is 5.46. The van der Waals surface area contributed by atoms with Gasteiger partial charge in [-0.05, 0) is 13.0 Å². The van der Waals surface area contributed by atoms with Crippen molar-refractivity contribution in [1.82, 2.24) is 0 Å². The molecule has 0 heterocycles. The molecule has 0 unspecified atom stereocenters. The van der Waals surface area contributed by atoms with Crippen LogP contribution in [0, 0.1) is 0 Å². The van der Waals surface area contributed by atoms with Gasteiger partial charge in [0.25, 0.3) is 0 Å². The molecule has 0 aromatic carbocycles. The predicted octanol–water partition coefficient (Wildman–Crippen LogP) is 2.32. The van der Waals surface area contributed by atoms with Crippen LogP contribution in [-0.2, 0) is 0 Å². The minimum atomic E-state index is 0.977. The summed E-state index contributed by atoms with van der Waals surface area (Å²) in [6.07, 6.45) is 1.74. The number of hydrogen-bond donors (Lipinski definition) is 0. The summed E-state index contributed by atoms with van der Waals surface area (Å²) in [5, 5.41) is 0. The number of rotatable bonds is 1. The maximum absolute atomic E-state index is 5.16. The maximum Gasteiger partial charge on any atom is 0.00448 e. The van der Waals surface area contributed by atoms with Crippen LogP contribution < -0.4 is 0 Å². The lowest BCUT2D eigenvalue weighted by molar-refractivity contribution is 1.57. The first-order chi connectivity index (χ1) is 2.77. The third kappa shape index (κ3) is 3.77. The smallest absolute Gasteiger partial charge is 0.00448 e. The molecule has 0 bridgehead atoms. The molecular formula is C5H7Cl. The Morgan fingerprint density at radius 1 is 1.83 bits per heavy atom. The van der Waals surface area contributed by atoms with Gasteiger partial charge in [-0.1, -0.05) is 23.8 Å². The third-order valence-corrected chi connectivity index (χ3v) is 0.474. The molecule has 0 aromatic heterocycles. The topological polar surface area (TPSA) is 0 Å². The summed E-state index contributed by atoms with van der Waals surface area (Å²) in [7, 11) is 0. The van der Waals surface area contributed by atoms with E-state index in [0.29, 0.717) is 0 Å². The van der Waals surface area contributed by atoms with Crippen molar-refractivity contribution in [3.05, 3.63) is 23.8 Å². The Labute approximate surface area is 43.1 Å². The van der Waals surface area contributed by atoms with Gasteiger partial charge in [-0.2, -0.15) is 0 Å². The van der Waals surface area contributed by atoms with Gasteiger partial charge in [0, 0.05) is 5.54 Å².